The standard InChI is InChI=1S/C23H39N7O5/c1-14(2)10-18(23(34)35)29-20(31)17(11-15-12-26-13-27-15)28-21(32)19-7-5-9-30(19)22(33)16(25)6-3-4-8-24/h12-14,16-19H,3-11,24-25H2,1-2H3,(H,26,27)(H,28,32)(H,29,31)(H,34,35). The lowest BCUT2D eigenvalue weighted by Crippen LogP contribution is -2.57. The third-order valence-corrected chi connectivity index (χ3v) is 6.06. The maximum Gasteiger partial charge on any atom is 0.326 e. The third-order valence-electron chi connectivity index (χ3n) is 6.06. The van der Waals surface area contributed by atoms with Crippen LogP contribution in [0.4, 0.5) is 0 Å². The van der Waals surface area contributed by atoms with Crippen molar-refractivity contribution in [1.82, 2.24) is 25.5 Å². The molecule has 196 valence electrons. The largest absolute Gasteiger partial charge is 0.480 e. The number of aliphatic carboxylic acids is 1. The number of nitrogens with zero attached hydrogens (tertiary/aromatic N) is 2. The van der Waals surface area contributed by atoms with E-state index in [0.29, 0.717) is 38.0 Å². The van der Waals surface area contributed by atoms with E-state index in [1.165, 1.54) is 17.4 Å². The van der Waals surface area contributed by atoms with E-state index in [2.05, 4.69) is 20.6 Å². The maximum atomic E-state index is 13.2. The van der Waals surface area contributed by atoms with Crippen LogP contribution in [0.5, 0.6) is 0 Å². The minimum atomic E-state index is -1.14. The Balaban J connectivity index is 2.11. The number of carboxylic acids is 1. The summed E-state index contributed by atoms with van der Waals surface area (Å²) in [6.07, 6.45) is 6.39. The number of aromatic amines is 1. The van der Waals surface area contributed by atoms with E-state index in [4.69, 9.17) is 11.5 Å². The van der Waals surface area contributed by atoms with Crippen molar-refractivity contribution >= 4 is 23.7 Å². The number of hydrogen-bond acceptors (Lipinski definition) is 7. The van der Waals surface area contributed by atoms with Gasteiger partial charge in [-0.2, -0.15) is 0 Å². The molecule has 1 aliphatic rings. The summed E-state index contributed by atoms with van der Waals surface area (Å²) in [7, 11) is 0. The van der Waals surface area contributed by atoms with Gasteiger partial charge in [-0.1, -0.05) is 20.3 Å². The number of unbranched alkanes of at least 4 members (excludes halogenated alkanes) is 1. The Morgan fingerprint density at radius 3 is 2.57 bits per heavy atom. The molecule has 3 amide bonds. The van der Waals surface area contributed by atoms with E-state index in [9.17, 15) is 24.3 Å². The van der Waals surface area contributed by atoms with Gasteiger partial charge >= 0.3 is 5.97 Å². The molecule has 1 saturated heterocycles. The Bertz CT molecular complexity index is 845. The van der Waals surface area contributed by atoms with Gasteiger partial charge in [0, 0.05) is 24.9 Å². The average molecular weight is 494 g/mol. The molecule has 0 bridgehead atoms. The molecule has 8 N–H and O–H groups in total. The Labute approximate surface area is 205 Å². The first-order valence-electron chi connectivity index (χ1n) is 12.2. The molecule has 1 aliphatic heterocycles. The molecule has 4 atom stereocenters. The van der Waals surface area contributed by atoms with E-state index >= 15 is 0 Å². The van der Waals surface area contributed by atoms with Crippen LogP contribution in [0.25, 0.3) is 0 Å². The van der Waals surface area contributed by atoms with Gasteiger partial charge in [-0.15, -0.1) is 0 Å². The number of carboxylic acid groups (broad SMARTS) is 1. The third kappa shape index (κ3) is 8.62. The average Bonchev–Trinajstić information content (AvgIpc) is 3.49. The summed E-state index contributed by atoms with van der Waals surface area (Å²) in [6.45, 7) is 4.65. The highest BCUT2D eigenvalue weighted by atomic mass is 16.4. The second-order valence-electron chi connectivity index (χ2n) is 9.45. The number of amides is 3. The highest BCUT2D eigenvalue weighted by molar-refractivity contribution is 5.94. The highest BCUT2D eigenvalue weighted by Crippen LogP contribution is 2.20. The first kappa shape index (κ1) is 28.2. The molecule has 1 fully saturated rings. The van der Waals surface area contributed by atoms with Crippen LogP contribution in [0.1, 0.15) is 58.1 Å². The molecule has 0 spiro atoms. The molecular weight excluding hydrogens is 454 g/mol. The fraction of sp³-hybridized carbons (Fsp3) is 0.696. The van der Waals surface area contributed by atoms with Gasteiger partial charge in [0.15, 0.2) is 0 Å². The number of nitrogens with two attached hydrogens (primary N) is 2. The number of nitrogens with one attached hydrogen (secondary N) is 3. The number of aromatic nitrogens is 2. The lowest BCUT2D eigenvalue weighted by molar-refractivity contribution is -0.143. The Morgan fingerprint density at radius 2 is 1.97 bits per heavy atom. The number of hydrogen-bond donors (Lipinski definition) is 6. The summed E-state index contributed by atoms with van der Waals surface area (Å²) in [5.74, 6) is -2.48. The van der Waals surface area contributed by atoms with Gasteiger partial charge in [-0.25, -0.2) is 9.78 Å². The molecule has 4 unspecified atom stereocenters. The molecule has 1 aromatic heterocycles. The lowest BCUT2D eigenvalue weighted by Gasteiger charge is -2.28. The van der Waals surface area contributed by atoms with Crippen LogP contribution in [0.3, 0.4) is 0 Å². The van der Waals surface area contributed by atoms with Crippen LogP contribution in [0.2, 0.25) is 0 Å². The van der Waals surface area contributed by atoms with Gasteiger partial charge in [0.2, 0.25) is 17.7 Å². The first-order chi connectivity index (χ1) is 16.6. The van der Waals surface area contributed by atoms with Gasteiger partial charge in [0.25, 0.3) is 0 Å². The summed E-state index contributed by atoms with van der Waals surface area (Å²) in [5, 5.41) is 14.8. The van der Waals surface area contributed by atoms with Crippen molar-refractivity contribution in [3.8, 4) is 0 Å². The zero-order valence-corrected chi connectivity index (χ0v) is 20.5. The van der Waals surface area contributed by atoms with Gasteiger partial charge in [-0.3, -0.25) is 14.4 Å². The van der Waals surface area contributed by atoms with Crippen molar-refractivity contribution in [3.63, 3.8) is 0 Å². The van der Waals surface area contributed by atoms with E-state index < -0.39 is 42.0 Å². The Morgan fingerprint density at radius 1 is 1.23 bits per heavy atom. The molecular formula is C23H39N7O5. The summed E-state index contributed by atoms with van der Waals surface area (Å²) in [6, 6.07) is -3.59. The zero-order valence-electron chi connectivity index (χ0n) is 20.5. The monoisotopic (exact) mass is 493 g/mol. The predicted octanol–water partition coefficient (Wildman–Crippen LogP) is -0.500. The summed E-state index contributed by atoms with van der Waals surface area (Å²) in [4.78, 5) is 59.1. The number of imidazole rings is 1. The Hall–Kier alpha value is -2.99. The predicted molar refractivity (Wildman–Crippen MR) is 129 cm³/mol. The van der Waals surface area contributed by atoms with Crippen molar-refractivity contribution in [3.05, 3.63) is 18.2 Å². The maximum absolute atomic E-state index is 13.2. The minimum Gasteiger partial charge on any atom is -0.480 e. The van der Waals surface area contributed by atoms with Crippen molar-refractivity contribution in [2.75, 3.05) is 13.1 Å². The molecule has 1 aromatic rings. The van der Waals surface area contributed by atoms with E-state index in [0.717, 1.165) is 12.8 Å². The highest BCUT2D eigenvalue weighted by Gasteiger charge is 2.38. The zero-order chi connectivity index (χ0) is 26.0. The van der Waals surface area contributed by atoms with Gasteiger partial charge in [-0.05, 0) is 44.6 Å². The summed E-state index contributed by atoms with van der Waals surface area (Å²) >= 11 is 0. The number of carbonyl (C=O) groups is 4. The Kier molecular flexibility index (Phi) is 11.1. The van der Waals surface area contributed by atoms with Crippen LogP contribution in [-0.4, -0.2) is 80.9 Å². The first-order valence-corrected chi connectivity index (χ1v) is 12.2. The molecule has 2 rings (SSSR count). The van der Waals surface area contributed by atoms with Gasteiger partial charge < -0.3 is 37.1 Å². The smallest absolute Gasteiger partial charge is 0.326 e. The number of rotatable bonds is 14. The SMILES string of the molecule is CC(C)CC(NC(=O)C(Cc1cnc[nH]1)NC(=O)C1CCCN1C(=O)C(N)CCCCN)C(=O)O. The van der Waals surface area contributed by atoms with Crippen LogP contribution in [0, 0.1) is 5.92 Å². The fourth-order valence-corrected chi connectivity index (χ4v) is 4.21. The van der Waals surface area contributed by atoms with Gasteiger partial charge in [0.1, 0.15) is 18.1 Å². The molecule has 0 saturated carbocycles. The number of carbonyl (C=O) groups excluding carboxylic acids is 3. The van der Waals surface area contributed by atoms with Crippen LogP contribution in [0.15, 0.2) is 12.5 Å². The summed E-state index contributed by atoms with van der Waals surface area (Å²) in [5.41, 5.74) is 12.2. The second-order valence-corrected chi connectivity index (χ2v) is 9.45. The molecule has 12 heteroatoms. The quantitative estimate of drug-likeness (QED) is 0.186. The van der Waals surface area contributed by atoms with E-state index in [1.807, 2.05) is 13.8 Å². The molecule has 12 nitrogen and oxygen atoms in total. The second kappa shape index (κ2) is 13.8. The van der Waals surface area contributed by atoms with E-state index in [1.54, 1.807) is 0 Å². The molecule has 0 aromatic carbocycles. The van der Waals surface area contributed by atoms with Gasteiger partial charge in [0.05, 0.1) is 12.4 Å². The molecule has 0 radical (unpaired) electrons. The topological polar surface area (TPSA) is 197 Å². The van der Waals surface area contributed by atoms with Crippen molar-refractivity contribution in [2.45, 2.75) is 83.0 Å². The number of likely N-dealkylation sites (tertiary alicyclic amines) is 1. The van der Waals surface area contributed by atoms with Crippen LogP contribution < -0.4 is 22.1 Å². The van der Waals surface area contributed by atoms with E-state index in [-0.39, 0.29) is 24.7 Å². The normalized spacial score (nSPS) is 18.2. The van der Waals surface area contributed by atoms with Crippen molar-refractivity contribution < 1.29 is 24.3 Å². The summed E-state index contributed by atoms with van der Waals surface area (Å²) < 4.78 is 0. The van der Waals surface area contributed by atoms with Crippen molar-refractivity contribution in [2.24, 2.45) is 17.4 Å². The van der Waals surface area contributed by atoms with Crippen LogP contribution in [-0.2, 0) is 25.6 Å². The molecule has 0 aliphatic carbocycles. The molecule has 2 heterocycles. The number of H-pyrrole nitrogens is 1. The van der Waals surface area contributed by atoms with Crippen molar-refractivity contribution in [1.29, 1.82) is 0 Å². The fourth-order valence-electron chi connectivity index (χ4n) is 4.21. The molecule has 35 heavy (non-hydrogen) atoms. The van der Waals surface area contributed by atoms with Crippen LogP contribution >= 0.6 is 0 Å². The minimum absolute atomic E-state index is 0.0455. The lowest BCUT2D eigenvalue weighted by atomic mass is 10.0.